The number of carbonyl (C=O) groups excluding carboxylic acids is 2. The third kappa shape index (κ3) is 4.51. The van der Waals surface area contributed by atoms with Crippen LogP contribution in [0.2, 0.25) is 0 Å². The average Bonchev–Trinajstić information content (AvgIpc) is 2.37. The summed E-state index contributed by atoms with van der Waals surface area (Å²) in [6.45, 7) is 1.73. The maximum atomic E-state index is 11.0. The molecule has 0 radical (unpaired) electrons. The Bertz CT molecular complexity index is 418. The molecule has 0 saturated heterocycles. The van der Waals surface area contributed by atoms with E-state index in [1.807, 2.05) is 0 Å². The third-order valence-electron chi connectivity index (χ3n) is 2.01. The molecule has 1 rings (SSSR count). The second kappa shape index (κ2) is 6.48. The van der Waals surface area contributed by atoms with Crippen molar-refractivity contribution in [2.75, 3.05) is 7.11 Å². The second-order valence-corrected chi connectivity index (χ2v) is 3.25. The Morgan fingerprint density at radius 3 is 2.41 bits per heavy atom. The van der Waals surface area contributed by atoms with Crippen molar-refractivity contribution in [3.8, 4) is 5.75 Å². The number of hydrogen-bond acceptors (Lipinski definition) is 4. The molecular weight excluding hydrogens is 220 g/mol. The summed E-state index contributed by atoms with van der Waals surface area (Å²) < 4.78 is 9.48. The van der Waals surface area contributed by atoms with Gasteiger partial charge in [0.15, 0.2) is 0 Å². The van der Waals surface area contributed by atoms with E-state index in [2.05, 4.69) is 4.74 Å². The molecule has 0 aliphatic carbocycles. The number of methoxy groups -OCH3 is 1. The molecule has 0 atom stereocenters. The Morgan fingerprint density at radius 2 is 1.88 bits per heavy atom. The average molecular weight is 234 g/mol. The van der Waals surface area contributed by atoms with Crippen molar-refractivity contribution in [1.29, 1.82) is 0 Å². The fraction of sp³-hybridized carbons (Fsp3) is 0.231. The topological polar surface area (TPSA) is 52.6 Å². The highest BCUT2D eigenvalue weighted by atomic mass is 16.5. The van der Waals surface area contributed by atoms with Crippen molar-refractivity contribution in [2.24, 2.45) is 0 Å². The minimum atomic E-state index is -0.411. The van der Waals surface area contributed by atoms with Crippen LogP contribution in [-0.4, -0.2) is 19.0 Å². The summed E-state index contributed by atoms with van der Waals surface area (Å²) in [5.74, 6) is -0.193. The van der Waals surface area contributed by atoms with Crippen LogP contribution >= 0.6 is 0 Å². The van der Waals surface area contributed by atoms with Gasteiger partial charge in [0.25, 0.3) is 0 Å². The standard InChI is InChI=1S/C13H14O4/c1-3-12(14)17-11-7-4-10(5-8-11)6-9-13(15)16-2/h4-9H,3H2,1-2H3. The minimum Gasteiger partial charge on any atom is -0.466 e. The van der Waals surface area contributed by atoms with Gasteiger partial charge in [0, 0.05) is 12.5 Å². The van der Waals surface area contributed by atoms with Crippen LogP contribution in [0, 0.1) is 0 Å². The summed E-state index contributed by atoms with van der Waals surface area (Å²) >= 11 is 0. The van der Waals surface area contributed by atoms with Crippen LogP contribution in [-0.2, 0) is 14.3 Å². The predicted molar refractivity (Wildman–Crippen MR) is 63.4 cm³/mol. The minimum absolute atomic E-state index is 0.275. The Morgan fingerprint density at radius 1 is 1.24 bits per heavy atom. The largest absolute Gasteiger partial charge is 0.466 e. The predicted octanol–water partition coefficient (Wildman–Crippen LogP) is 2.19. The van der Waals surface area contributed by atoms with Gasteiger partial charge in [0.05, 0.1) is 7.11 Å². The van der Waals surface area contributed by atoms with Crippen LogP contribution in [0.15, 0.2) is 30.3 Å². The number of esters is 2. The molecule has 0 bridgehead atoms. The molecule has 0 unspecified atom stereocenters. The molecule has 0 spiro atoms. The highest BCUT2D eigenvalue weighted by molar-refractivity contribution is 5.86. The number of rotatable bonds is 4. The van der Waals surface area contributed by atoms with E-state index < -0.39 is 5.97 Å². The van der Waals surface area contributed by atoms with E-state index in [4.69, 9.17) is 4.74 Å². The molecule has 0 aromatic heterocycles. The van der Waals surface area contributed by atoms with E-state index in [9.17, 15) is 9.59 Å². The molecule has 0 saturated carbocycles. The van der Waals surface area contributed by atoms with Gasteiger partial charge in [0.1, 0.15) is 5.75 Å². The van der Waals surface area contributed by atoms with E-state index >= 15 is 0 Å². The molecule has 1 aromatic rings. The first-order chi connectivity index (χ1) is 8.15. The zero-order chi connectivity index (χ0) is 12.7. The third-order valence-corrected chi connectivity index (χ3v) is 2.01. The van der Waals surface area contributed by atoms with Gasteiger partial charge >= 0.3 is 11.9 Å². The van der Waals surface area contributed by atoms with E-state index in [1.54, 1.807) is 37.3 Å². The van der Waals surface area contributed by atoms with Gasteiger partial charge < -0.3 is 9.47 Å². The second-order valence-electron chi connectivity index (χ2n) is 3.25. The quantitative estimate of drug-likeness (QED) is 0.455. The van der Waals surface area contributed by atoms with Crippen LogP contribution in [0.25, 0.3) is 6.08 Å². The maximum absolute atomic E-state index is 11.0. The van der Waals surface area contributed by atoms with Crippen LogP contribution in [0.1, 0.15) is 18.9 Å². The Labute approximate surface area is 99.8 Å². The summed E-state index contributed by atoms with van der Waals surface area (Å²) in [7, 11) is 1.32. The smallest absolute Gasteiger partial charge is 0.330 e. The number of benzene rings is 1. The van der Waals surface area contributed by atoms with Crippen molar-refractivity contribution in [2.45, 2.75) is 13.3 Å². The molecule has 90 valence electrons. The maximum Gasteiger partial charge on any atom is 0.330 e. The summed E-state index contributed by atoms with van der Waals surface area (Å²) in [5.41, 5.74) is 0.826. The van der Waals surface area contributed by atoms with Crippen LogP contribution < -0.4 is 4.74 Å². The van der Waals surface area contributed by atoms with Gasteiger partial charge in [-0.15, -0.1) is 0 Å². The van der Waals surface area contributed by atoms with Crippen LogP contribution in [0.3, 0.4) is 0 Å². The van der Waals surface area contributed by atoms with E-state index in [0.29, 0.717) is 12.2 Å². The van der Waals surface area contributed by atoms with Crippen LogP contribution in [0.4, 0.5) is 0 Å². The normalized spacial score (nSPS) is 10.2. The molecule has 4 nitrogen and oxygen atoms in total. The van der Waals surface area contributed by atoms with Crippen LogP contribution in [0.5, 0.6) is 5.75 Å². The summed E-state index contributed by atoms with van der Waals surface area (Å²) in [5, 5.41) is 0. The molecule has 0 aliphatic heterocycles. The van der Waals surface area contributed by atoms with Gasteiger partial charge in [-0.2, -0.15) is 0 Å². The molecule has 4 heteroatoms. The first kappa shape index (κ1) is 13.0. The SMILES string of the molecule is CCC(=O)Oc1ccc(C=CC(=O)OC)cc1. The van der Waals surface area contributed by atoms with Crippen molar-refractivity contribution in [3.63, 3.8) is 0 Å². The monoisotopic (exact) mass is 234 g/mol. The zero-order valence-electron chi connectivity index (χ0n) is 9.80. The fourth-order valence-electron chi connectivity index (χ4n) is 1.08. The van der Waals surface area contributed by atoms with Gasteiger partial charge in [-0.05, 0) is 23.8 Å². The number of ether oxygens (including phenoxy) is 2. The highest BCUT2D eigenvalue weighted by Crippen LogP contribution is 2.13. The zero-order valence-corrected chi connectivity index (χ0v) is 9.80. The van der Waals surface area contributed by atoms with Crippen molar-refractivity contribution < 1.29 is 19.1 Å². The lowest BCUT2D eigenvalue weighted by Gasteiger charge is -2.02. The van der Waals surface area contributed by atoms with Gasteiger partial charge in [-0.1, -0.05) is 19.1 Å². The first-order valence-electron chi connectivity index (χ1n) is 5.22. The first-order valence-corrected chi connectivity index (χ1v) is 5.22. The molecule has 0 aliphatic rings. The lowest BCUT2D eigenvalue weighted by atomic mass is 10.2. The van der Waals surface area contributed by atoms with E-state index in [-0.39, 0.29) is 5.97 Å². The highest BCUT2D eigenvalue weighted by Gasteiger charge is 2.00. The van der Waals surface area contributed by atoms with Gasteiger partial charge in [-0.25, -0.2) is 4.79 Å². The van der Waals surface area contributed by atoms with Gasteiger partial charge in [0.2, 0.25) is 0 Å². The number of carbonyl (C=O) groups is 2. The molecule has 0 N–H and O–H groups in total. The summed E-state index contributed by atoms with van der Waals surface area (Å²) in [6, 6.07) is 6.84. The number of hydrogen-bond donors (Lipinski definition) is 0. The van der Waals surface area contributed by atoms with E-state index in [1.165, 1.54) is 13.2 Å². The molecular formula is C13H14O4. The molecule has 0 amide bonds. The molecule has 0 fully saturated rings. The summed E-state index contributed by atoms with van der Waals surface area (Å²) in [4.78, 5) is 21.9. The van der Waals surface area contributed by atoms with E-state index in [0.717, 1.165) is 5.56 Å². The van der Waals surface area contributed by atoms with Crippen molar-refractivity contribution in [3.05, 3.63) is 35.9 Å². The summed E-state index contributed by atoms with van der Waals surface area (Å²) in [6.07, 6.45) is 3.29. The Hall–Kier alpha value is -2.10. The van der Waals surface area contributed by atoms with Gasteiger partial charge in [-0.3, -0.25) is 4.79 Å². The fourth-order valence-corrected chi connectivity index (χ4v) is 1.08. The lowest BCUT2D eigenvalue weighted by molar-refractivity contribution is -0.135. The lowest BCUT2D eigenvalue weighted by Crippen LogP contribution is -2.05. The Balaban J connectivity index is 2.65. The van der Waals surface area contributed by atoms with Crippen molar-refractivity contribution >= 4 is 18.0 Å². The Kier molecular flexibility index (Phi) is 4.94. The molecule has 17 heavy (non-hydrogen) atoms. The molecule has 1 aromatic carbocycles. The van der Waals surface area contributed by atoms with Crippen molar-refractivity contribution in [1.82, 2.24) is 0 Å². The molecule has 0 heterocycles.